The number of para-hydroxylation sites is 2. The Morgan fingerprint density at radius 1 is 1.23 bits per heavy atom. The van der Waals surface area contributed by atoms with Gasteiger partial charge in [0.05, 0.1) is 17.6 Å². The number of imidazole rings is 2. The lowest BCUT2D eigenvalue weighted by Crippen LogP contribution is -2.37. The third-order valence-electron chi connectivity index (χ3n) is 5.85. The lowest BCUT2D eigenvalue weighted by atomic mass is 10.0. The SMILES string of the molecule is CCOC(=O)c1nc2c(N3CCC(n4c(=O)[nH]c5ccccc54)CC3)ncnc2n1C. The first kappa shape index (κ1) is 19.3. The molecular formula is C21H23N7O3. The van der Waals surface area contributed by atoms with Crippen molar-refractivity contribution in [2.75, 3.05) is 24.6 Å². The molecule has 31 heavy (non-hydrogen) atoms. The van der Waals surface area contributed by atoms with E-state index in [-0.39, 0.29) is 24.2 Å². The van der Waals surface area contributed by atoms with Gasteiger partial charge in [0.15, 0.2) is 17.0 Å². The molecule has 1 aliphatic rings. The Hall–Kier alpha value is -3.69. The van der Waals surface area contributed by atoms with Crippen molar-refractivity contribution >= 4 is 34.0 Å². The molecule has 1 aromatic carbocycles. The van der Waals surface area contributed by atoms with Gasteiger partial charge in [-0.3, -0.25) is 4.57 Å². The van der Waals surface area contributed by atoms with Crippen LogP contribution in [0.1, 0.15) is 36.4 Å². The summed E-state index contributed by atoms with van der Waals surface area (Å²) in [5, 5.41) is 0. The summed E-state index contributed by atoms with van der Waals surface area (Å²) in [6.07, 6.45) is 3.08. The minimum atomic E-state index is -0.480. The predicted octanol–water partition coefficient (Wildman–Crippen LogP) is 2.02. The number of aromatic amines is 1. The first-order chi connectivity index (χ1) is 15.1. The van der Waals surface area contributed by atoms with Gasteiger partial charge in [-0.2, -0.15) is 0 Å². The summed E-state index contributed by atoms with van der Waals surface area (Å²) in [5.41, 5.74) is 2.87. The Labute approximate surface area is 177 Å². The highest BCUT2D eigenvalue weighted by atomic mass is 16.5. The number of nitrogens with one attached hydrogen (secondary N) is 1. The Bertz CT molecular complexity index is 1330. The molecule has 5 rings (SSSR count). The molecule has 4 heterocycles. The van der Waals surface area contributed by atoms with Gasteiger partial charge < -0.3 is 19.2 Å². The molecule has 1 saturated heterocycles. The number of aryl methyl sites for hydroxylation is 1. The normalized spacial score (nSPS) is 15.1. The van der Waals surface area contributed by atoms with Crippen molar-refractivity contribution in [3.63, 3.8) is 0 Å². The molecule has 10 heteroatoms. The number of aromatic nitrogens is 6. The molecule has 0 saturated carbocycles. The second kappa shape index (κ2) is 7.53. The number of nitrogens with zero attached hydrogens (tertiary/aromatic N) is 6. The zero-order valence-electron chi connectivity index (χ0n) is 17.4. The molecule has 0 spiro atoms. The number of hydrogen-bond donors (Lipinski definition) is 1. The second-order valence-corrected chi connectivity index (χ2v) is 7.62. The highest BCUT2D eigenvalue weighted by molar-refractivity contribution is 5.93. The van der Waals surface area contributed by atoms with Gasteiger partial charge in [-0.1, -0.05) is 12.1 Å². The zero-order chi connectivity index (χ0) is 21.5. The molecule has 1 fully saturated rings. The fraction of sp³-hybridized carbons (Fsp3) is 0.381. The zero-order valence-corrected chi connectivity index (χ0v) is 17.4. The van der Waals surface area contributed by atoms with Gasteiger partial charge in [0, 0.05) is 26.2 Å². The second-order valence-electron chi connectivity index (χ2n) is 7.62. The smallest absolute Gasteiger partial charge is 0.374 e. The standard InChI is InChI=1S/C21H23N7O3/c1-3-31-20(29)19-25-16-17(26(19)2)22-12-23-18(16)27-10-8-13(9-11-27)28-15-7-5-4-6-14(15)24-21(28)30/h4-7,12-13H,3,8-11H2,1-2H3,(H,24,30). The lowest BCUT2D eigenvalue weighted by molar-refractivity contribution is 0.0508. The largest absolute Gasteiger partial charge is 0.460 e. The molecule has 0 amide bonds. The van der Waals surface area contributed by atoms with Crippen LogP contribution in [0.15, 0.2) is 35.4 Å². The van der Waals surface area contributed by atoms with Crippen molar-refractivity contribution in [3.8, 4) is 0 Å². The van der Waals surface area contributed by atoms with Crippen LogP contribution >= 0.6 is 0 Å². The molecule has 0 aliphatic carbocycles. The highest BCUT2D eigenvalue weighted by Gasteiger charge is 2.27. The van der Waals surface area contributed by atoms with Gasteiger partial charge in [0.25, 0.3) is 0 Å². The van der Waals surface area contributed by atoms with Gasteiger partial charge in [-0.05, 0) is 31.9 Å². The maximum atomic E-state index is 12.5. The van der Waals surface area contributed by atoms with Crippen molar-refractivity contribution in [2.45, 2.75) is 25.8 Å². The summed E-state index contributed by atoms with van der Waals surface area (Å²) in [4.78, 5) is 43.1. The maximum Gasteiger partial charge on any atom is 0.374 e. The molecule has 0 unspecified atom stereocenters. The first-order valence-corrected chi connectivity index (χ1v) is 10.4. The van der Waals surface area contributed by atoms with E-state index in [0.717, 1.165) is 23.9 Å². The number of carbonyl (C=O) groups is 1. The Balaban J connectivity index is 1.43. The maximum absolute atomic E-state index is 12.5. The summed E-state index contributed by atoms with van der Waals surface area (Å²) in [5.74, 6) is 0.422. The van der Waals surface area contributed by atoms with Crippen molar-refractivity contribution in [1.82, 2.24) is 29.1 Å². The van der Waals surface area contributed by atoms with E-state index >= 15 is 0 Å². The fourth-order valence-corrected chi connectivity index (χ4v) is 4.37. The molecule has 3 aromatic heterocycles. The van der Waals surface area contributed by atoms with Crippen molar-refractivity contribution in [2.24, 2.45) is 7.05 Å². The molecule has 0 bridgehead atoms. The van der Waals surface area contributed by atoms with Gasteiger partial charge in [-0.15, -0.1) is 0 Å². The van der Waals surface area contributed by atoms with Crippen molar-refractivity contribution in [3.05, 3.63) is 46.9 Å². The van der Waals surface area contributed by atoms with E-state index in [1.54, 1.807) is 18.5 Å². The fourth-order valence-electron chi connectivity index (χ4n) is 4.37. The quantitative estimate of drug-likeness (QED) is 0.502. The summed E-state index contributed by atoms with van der Waals surface area (Å²) >= 11 is 0. The molecule has 4 aromatic rings. The Morgan fingerprint density at radius 3 is 2.77 bits per heavy atom. The van der Waals surface area contributed by atoms with Crippen LogP contribution in [0.3, 0.4) is 0 Å². The number of anilines is 1. The number of fused-ring (bicyclic) bond motifs is 2. The minimum Gasteiger partial charge on any atom is -0.460 e. The van der Waals surface area contributed by atoms with Gasteiger partial charge in [-0.25, -0.2) is 24.5 Å². The van der Waals surface area contributed by atoms with E-state index < -0.39 is 5.97 Å². The molecule has 1 aliphatic heterocycles. The average Bonchev–Trinajstić information content (AvgIpc) is 3.30. The number of ether oxygens (including phenoxy) is 1. The average molecular weight is 421 g/mol. The summed E-state index contributed by atoms with van der Waals surface area (Å²) < 4.78 is 8.60. The van der Waals surface area contributed by atoms with Crippen LogP contribution in [0.4, 0.5) is 5.82 Å². The van der Waals surface area contributed by atoms with Gasteiger partial charge in [0.2, 0.25) is 5.82 Å². The van der Waals surface area contributed by atoms with E-state index in [2.05, 4.69) is 24.8 Å². The summed E-state index contributed by atoms with van der Waals surface area (Å²) in [6.45, 7) is 3.47. The number of carbonyl (C=O) groups excluding carboxylic acids is 1. The molecule has 1 N–H and O–H groups in total. The molecule has 10 nitrogen and oxygen atoms in total. The summed E-state index contributed by atoms with van der Waals surface area (Å²) in [6, 6.07) is 7.86. The third-order valence-corrected chi connectivity index (χ3v) is 5.85. The van der Waals surface area contributed by atoms with Crippen LogP contribution in [0.25, 0.3) is 22.2 Å². The lowest BCUT2D eigenvalue weighted by Gasteiger charge is -2.33. The predicted molar refractivity (Wildman–Crippen MR) is 115 cm³/mol. The van der Waals surface area contributed by atoms with Crippen LogP contribution in [0.5, 0.6) is 0 Å². The van der Waals surface area contributed by atoms with Crippen LogP contribution in [0.2, 0.25) is 0 Å². The number of benzene rings is 1. The van der Waals surface area contributed by atoms with Crippen LogP contribution < -0.4 is 10.6 Å². The number of piperidine rings is 1. The Kier molecular flexibility index (Phi) is 4.68. The van der Waals surface area contributed by atoms with E-state index in [1.165, 1.54) is 6.33 Å². The van der Waals surface area contributed by atoms with Gasteiger partial charge in [0.1, 0.15) is 6.33 Å². The number of hydrogen-bond acceptors (Lipinski definition) is 7. The van der Waals surface area contributed by atoms with Gasteiger partial charge >= 0.3 is 11.7 Å². The topological polar surface area (TPSA) is 111 Å². The molecular weight excluding hydrogens is 398 g/mol. The van der Waals surface area contributed by atoms with Crippen LogP contribution in [0, 0.1) is 0 Å². The first-order valence-electron chi connectivity index (χ1n) is 10.4. The third kappa shape index (κ3) is 3.15. The van der Waals surface area contributed by atoms with E-state index in [4.69, 9.17) is 4.74 Å². The Morgan fingerprint density at radius 2 is 2.00 bits per heavy atom. The van der Waals surface area contributed by atoms with Crippen LogP contribution in [-0.4, -0.2) is 54.7 Å². The molecule has 160 valence electrons. The van der Waals surface area contributed by atoms with E-state index in [0.29, 0.717) is 30.1 Å². The molecule has 0 radical (unpaired) electrons. The van der Waals surface area contributed by atoms with E-state index in [9.17, 15) is 9.59 Å². The molecule has 0 atom stereocenters. The summed E-state index contributed by atoms with van der Waals surface area (Å²) in [7, 11) is 1.74. The highest BCUT2D eigenvalue weighted by Crippen LogP contribution is 2.30. The number of rotatable bonds is 4. The van der Waals surface area contributed by atoms with E-state index in [1.807, 2.05) is 28.8 Å². The number of H-pyrrole nitrogens is 1. The monoisotopic (exact) mass is 421 g/mol. The van der Waals surface area contributed by atoms with Crippen LogP contribution in [-0.2, 0) is 11.8 Å². The van der Waals surface area contributed by atoms with Crippen molar-refractivity contribution in [1.29, 1.82) is 0 Å². The minimum absolute atomic E-state index is 0.0760. The number of esters is 1. The van der Waals surface area contributed by atoms with Crippen molar-refractivity contribution < 1.29 is 9.53 Å².